The number of methoxy groups -OCH3 is 2. The maximum Gasteiger partial charge on any atom is 0.346 e. The van der Waals surface area contributed by atoms with Crippen molar-refractivity contribution in [3.8, 4) is 5.75 Å². The topological polar surface area (TPSA) is 99.2 Å². The summed E-state index contributed by atoms with van der Waals surface area (Å²) in [5, 5.41) is 0. The number of hydrogen-bond donors (Lipinski definition) is 0. The summed E-state index contributed by atoms with van der Waals surface area (Å²) in [7, 11) is 2.58. The van der Waals surface area contributed by atoms with Gasteiger partial charge in [-0.1, -0.05) is 18.2 Å². The monoisotopic (exact) mass is 397 g/mol. The molecule has 2 aromatic carbocycles. The number of carbonyl (C=O) groups excluding carboxylic acids is 4. The quantitative estimate of drug-likeness (QED) is 0.544. The van der Waals surface area contributed by atoms with Crippen LogP contribution in [0, 0.1) is 0 Å². The number of rotatable bonds is 6. The average Bonchev–Trinajstić information content (AvgIpc) is 2.98. The Hall–Kier alpha value is -3.68. The molecule has 1 heterocycles. The number of hydrogen-bond acceptors (Lipinski definition) is 7. The van der Waals surface area contributed by atoms with Crippen LogP contribution < -0.4 is 4.74 Å². The fraction of sp³-hybridized carbons (Fsp3) is 0.238. The van der Waals surface area contributed by atoms with E-state index in [4.69, 9.17) is 9.47 Å². The minimum Gasteiger partial charge on any atom is -0.496 e. The summed E-state index contributed by atoms with van der Waals surface area (Å²) < 4.78 is 14.8. The van der Waals surface area contributed by atoms with Crippen LogP contribution in [0.2, 0.25) is 0 Å². The summed E-state index contributed by atoms with van der Waals surface area (Å²) in [4.78, 5) is 50.2. The van der Waals surface area contributed by atoms with Crippen molar-refractivity contribution in [1.29, 1.82) is 0 Å². The Labute approximate surface area is 167 Å². The molecular formula is C21H19NO7. The minimum absolute atomic E-state index is 0.0246. The molecule has 0 saturated carbocycles. The van der Waals surface area contributed by atoms with Gasteiger partial charge in [0, 0.05) is 0 Å². The van der Waals surface area contributed by atoms with Gasteiger partial charge in [0.15, 0.2) is 6.10 Å². The van der Waals surface area contributed by atoms with Gasteiger partial charge in [0.1, 0.15) is 11.3 Å². The Morgan fingerprint density at radius 3 is 2.17 bits per heavy atom. The van der Waals surface area contributed by atoms with Crippen LogP contribution in [0.3, 0.4) is 0 Å². The maximum absolute atomic E-state index is 12.5. The van der Waals surface area contributed by atoms with E-state index in [1.165, 1.54) is 33.3 Å². The zero-order valence-electron chi connectivity index (χ0n) is 16.1. The number of ether oxygens (including phenoxy) is 3. The molecule has 1 unspecified atom stereocenters. The second-order valence-electron chi connectivity index (χ2n) is 6.35. The largest absolute Gasteiger partial charge is 0.496 e. The molecule has 0 bridgehead atoms. The zero-order chi connectivity index (χ0) is 21.1. The molecule has 8 heteroatoms. The standard InChI is InChI=1S/C21H19NO7/c1-12(20(25)28-3)29-21(26)16-10-13(8-9-17(16)27-2)11-22-18(23)14-6-4-5-7-15(14)19(22)24/h4-10,12H,11H2,1-3H3. The highest BCUT2D eigenvalue weighted by atomic mass is 16.6. The van der Waals surface area contributed by atoms with E-state index in [-0.39, 0.29) is 17.9 Å². The molecule has 150 valence electrons. The van der Waals surface area contributed by atoms with Crippen molar-refractivity contribution in [3.63, 3.8) is 0 Å². The third-order valence-electron chi connectivity index (χ3n) is 4.52. The number of imide groups is 1. The molecule has 0 fully saturated rings. The van der Waals surface area contributed by atoms with Crippen molar-refractivity contribution in [1.82, 2.24) is 4.90 Å². The molecule has 0 aromatic heterocycles. The van der Waals surface area contributed by atoms with Crippen LogP contribution in [0.1, 0.15) is 43.6 Å². The van der Waals surface area contributed by atoms with Gasteiger partial charge in [-0.15, -0.1) is 0 Å². The molecule has 0 radical (unpaired) electrons. The molecule has 3 rings (SSSR count). The molecule has 1 aliphatic rings. The van der Waals surface area contributed by atoms with Crippen LogP contribution in [0.5, 0.6) is 5.75 Å². The first-order valence-electron chi connectivity index (χ1n) is 8.78. The first-order chi connectivity index (χ1) is 13.9. The smallest absolute Gasteiger partial charge is 0.346 e. The van der Waals surface area contributed by atoms with E-state index < -0.39 is 29.9 Å². The Bertz CT molecular complexity index is 963. The van der Waals surface area contributed by atoms with Gasteiger partial charge >= 0.3 is 11.9 Å². The first kappa shape index (κ1) is 20.1. The number of fused-ring (bicyclic) bond motifs is 1. The van der Waals surface area contributed by atoms with E-state index in [0.717, 1.165) is 4.90 Å². The van der Waals surface area contributed by atoms with Crippen LogP contribution in [-0.4, -0.2) is 49.0 Å². The van der Waals surface area contributed by atoms with Gasteiger partial charge in [-0.05, 0) is 36.8 Å². The van der Waals surface area contributed by atoms with Crippen LogP contribution >= 0.6 is 0 Å². The summed E-state index contributed by atoms with van der Waals surface area (Å²) >= 11 is 0. The van der Waals surface area contributed by atoms with Crippen LogP contribution in [-0.2, 0) is 20.8 Å². The fourth-order valence-corrected chi connectivity index (χ4v) is 3.02. The lowest BCUT2D eigenvalue weighted by Gasteiger charge is -2.16. The highest BCUT2D eigenvalue weighted by Crippen LogP contribution is 2.27. The van der Waals surface area contributed by atoms with Gasteiger partial charge in [-0.2, -0.15) is 0 Å². The Morgan fingerprint density at radius 1 is 1.00 bits per heavy atom. The molecule has 0 N–H and O–H groups in total. The summed E-state index contributed by atoms with van der Waals surface area (Å²) in [6.07, 6.45) is -1.10. The number of nitrogens with zero attached hydrogens (tertiary/aromatic N) is 1. The van der Waals surface area contributed by atoms with Crippen LogP contribution in [0.15, 0.2) is 42.5 Å². The van der Waals surface area contributed by atoms with Gasteiger partial charge in [0.2, 0.25) is 0 Å². The van der Waals surface area contributed by atoms with Gasteiger partial charge in [-0.25, -0.2) is 9.59 Å². The lowest BCUT2D eigenvalue weighted by Crippen LogP contribution is -2.29. The first-order valence-corrected chi connectivity index (χ1v) is 8.78. The molecular weight excluding hydrogens is 378 g/mol. The lowest BCUT2D eigenvalue weighted by atomic mass is 10.1. The van der Waals surface area contributed by atoms with E-state index >= 15 is 0 Å². The highest BCUT2D eigenvalue weighted by molar-refractivity contribution is 6.21. The molecule has 8 nitrogen and oxygen atoms in total. The van der Waals surface area contributed by atoms with E-state index in [9.17, 15) is 19.2 Å². The van der Waals surface area contributed by atoms with E-state index in [2.05, 4.69) is 4.74 Å². The van der Waals surface area contributed by atoms with Crippen LogP contribution in [0.25, 0.3) is 0 Å². The predicted octanol–water partition coefficient (Wildman–Crippen LogP) is 2.21. The Balaban J connectivity index is 1.84. The van der Waals surface area contributed by atoms with Crippen molar-refractivity contribution in [2.24, 2.45) is 0 Å². The molecule has 2 amide bonds. The third-order valence-corrected chi connectivity index (χ3v) is 4.52. The van der Waals surface area contributed by atoms with E-state index in [1.807, 2.05) is 0 Å². The molecule has 0 spiro atoms. The van der Waals surface area contributed by atoms with Crippen molar-refractivity contribution >= 4 is 23.8 Å². The number of benzene rings is 2. The number of amides is 2. The lowest BCUT2D eigenvalue weighted by molar-refractivity contribution is -0.149. The highest BCUT2D eigenvalue weighted by Gasteiger charge is 2.35. The maximum atomic E-state index is 12.5. The molecule has 0 saturated heterocycles. The summed E-state index contributed by atoms with van der Waals surface area (Å²) in [6, 6.07) is 11.2. The van der Waals surface area contributed by atoms with E-state index in [1.54, 1.807) is 30.3 Å². The van der Waals surface area contributed by atoms with Gasteiger partial charge in [-0.3, -0.25) is 14.5 Å². The van der Waals surface area contributed by atoms with Gasteiger partial charge in [0.05, 0.1) is 31.9 Å². The zero-order valence-corrected chi connectivity index (χ0v) is 16.1. The fourth-order valence-electron chi connectivity index (χ4n) is 3.02. The predicted molar refractivity (Wildman–Crippen MR) is 101 cm³/mol. The van der Waals surface area contributed by atoms with Crippen LogP contribution in [0.4, 0.5) is 0 Å². The number of esters is 2. The second-order valence-corrected chi connectivity index (χ2v) is 6.35. The number of carbonyl (C=O) groups is 4. The molecule has 2 aromatic rings. The van der Waals surface area contributed by atoms with Crippen molar-refractivity contribution in [3.05, 3.63) is 64.7 Å². The second kappa shape index (κ2) is 8.14. The SMILES string of the molecule is COC(=O)C(C)OC(=O)c1cc(CN2C(=O)c3ccccc3C2=O)ccc1OC. The van der Waals surface area contributed by atoms with Crippen molar-refractivity contribution in [2.75, 3.05) is 14.2 Å². The minimum atomic E-state index is -1.10. The third kappa shape index (κ3) is 3.82. The summed E-state index contributed by atoms with van der Waals surface area (Å²) in [5.41, 5.74) is 1.28. The average molecular weight is 397 g/mol. The van der Waals surface area contributed by atoms with Crippen molar-refractivity contribution in [2.45, 2.75) is 19.6 Å². The van der Waals surface area contributed by atoms with E-state index in [0.29, 0.717) is 16.7 Å². The summed E-state index contributed by atoms with van der Waals surface area (Å²) in [5.74, 6) is -2.05. The molecule has 1 aliphatic heterocycles. The van der Waals surface area contributed by atoms with Crippen molar-refractivity contribution < 1.29 is 33.4 Å². The summed E-state index contributed by atoms with van der Waals surface area (Å²) in [6.45, 7) is 1.36. The van der Waals surface area contributed by atoms with Gasteiger partial charge in [0.25, 0.3) is 11.8 Å². The Morgan fingerprint density at radius 2 is 1.62 bits per heavy atom. The Kier molecular flexibility index (Phi) is 5.63. The molecule has 0 aliphatic carbocycles. The normalized spacial score (nSPS) is 13.7. The van der Waals surface area contributed by atoms with Gasteiger partial charge < -0.3 is 14.2 Å². The molecule has 1 atom stereocenters. The molecule has 29 heavy (non-hydrogen) atoms.